The number of fused-ring (bicyclic) bond motifs is 4. The Morgan fingerprint density at radius 2 is 0.768 bits per heavy atom. The third-order valence-corrected chi connectivity index (χ3v) is 12.3. The van der Waals surface area contributed by atoms with Crippen LogP contribution in [0.3, 0.4) is 0 Å². The molecule has 0 bridgehead atoms. The molecule has 0 unspecified atom stereocenters. The number of para-hydroxylation sites is 4. The molecule has 2 aliphatic rings. The standard InChI is InChI=1S/C46H30F6N2S2/c1-2-32-43(53-35-17-3-7-21-39(35)55-40-22-8-4-18-36(40)53)33(28-13-11-15-30(25-28)45(47,48)49)27-34(29-14-12-16-31(26-29)46(50,51)52)44(32)54-37-19-5-9-23-41(37)56-42-24-10-6-20-38(42)54/h3-27H,2H2,1H3. The van der Waals surface area contributed by atoms with E-state index >= 15 is 0 Å². The first-order valence-electron chi connectivity index (χ1n) is 17.9. The summed E-state index contributed by atoms with van der Waals surface area (Å²) in [6, 6.07) is 43.8. The number of anilines is 6. The summed E-state index contributed by atoms with van der Waals surface area (Å²) in [5.41, 5.74) is 5.22. The molecule has 0 aromatic heterocycles. The molecule has 7 aromatic rings. The van der Waals surface area contributed by atoms with Crippen LogP contribution in [-0.4, -0.2) is 0 Å². The minimum atomic E-state index is -4.63. The number of halogens is 6. The first kappa shape index (κ1) is 36.1. The predicted octanol–water partition coefficient (Wildman–Crippen LogP) is 15.5. The van der Waals surface area contributed by atoms with Crippen LogP contribution in [-0.2, 0) is 18.8 Å². The monoisotopic (exact) mass is 788 g/mol. The number of rotatable bonds is 5. The predicted molar refractivity (Wildman–Crippen MR) is 214 cm³/mol. The van der Waals surface area contributed by atoms with Gasteiger partial charge in [0.1, 0.15) is 0 Å². The minimum Gasteiger partial charge on any atom is -0.307 e. The van der Waals surface area contributed by atoms with Crippen molar-refractivity contribution in [3.63, 3.8) is 0 Å². The molecule has 0 fully saturated rings. The van der Waals surface area contributed by atoms with Gasteiger partial charge in [0.25, 0.3) is 0 Å². The van der Waals surface area contributed by atoms with Crippen LogP contribution in [0.25, 0.3) is 22.3 Å². The molecule has 0 radical (unpaired) electrons. The largest absolute Gasteiger partial charge is 0.416 e. The van der Waals surface area contributed by atoms with E-state index in [0.29, 0.717) is 28.9 Å². The van der Waals surface area contributed by atoms with E-state index in [2.05, 4.69) is 9.80 Å². The molecule has 278 valence electrons. The minimum absolute atomic E-state index is 0.285. The number of alkyl halides is 6. The Hall–Kier alpha value is -5.58. The van der Waals surface area contributed by atoms with Gasteiger partial charge in [-0.1, -0.05) is 103 Å². The van der Waals surface area contributed by atoms with Crippen LogP contribution in [0.15, 0.2) is 171 Å². The molecule has 9 rings (SSSR count). The summed E-state index contributed by atoms with van der Waals surface area (Å²) in [4.78, 5) is 8.05. The zero-order valence-corrected chi connectivity index (χ0v) is 31.3. The maximum absolute atomic E-state index is 14.4. The molecule has 10 heteroatoms. The fraction of sp³-hybridized carbons (Fsp3) is 0.0870. The molecule has 2 aliphatic heterocycles. The lowest BCUT2D eigenvalue weighted by molar-refractivity contribution is -0.138. The summed E-state index contributed by atoms with van der Waals surface area (Å²) in [5, 5.41) is 0. The van der Waals surface area contributed by atoms with Crippen LogP contribution < -0.4 is 9.80 Å². The number of hydrogen-bond acceptors (Lipinski definition) is 4. The summed E-state index contributed by atoms with van der Waals surface area (Å²) in [6.45, 7) is 1.99. The Kier molecular flexibility index (Phi) is 8.93. The van der Waals surface area contributed by atoms with Crippen molar-refractivity contribution in [3.05, 3.63) is 168 Å². The van der Waals surface area contributed by atoms with Crippen molar-refractivity contribution in [3.8, 4) is 22.3 Å². The van der Waals surface area contributed by atoms with Gasteiger partial charge in [-0.2, -0.15) is 26.3 Å². The molecule has 0 amide bonds. The smallest absolute Gasteiger partial charge is 0.307 e. The van der Waals surface area contributed by atoms with Crippen LogP contribution >= 0.6 is 23.5 Å². The Labute approximate surface area is 328 Å². The second-order valence-electron chi connectivity index (χ2n) is 13.4. The van der Waals surface area contributed by atoms with Crippen molar-refractivity contribution in [2.45, 2.75) is 45.3 Å². The Morgan fingerprint density at radius 3 is 1.09 bits per heavy atom. The lowest BCUT2D eigenvalue weighted by Gasteiger charge is -2.40. The molecule has 56 heavy (non-hydrogen) atoms. The fourth-order valence-corrected chi connectivity index (χ4v) is 9.74. The van der Waals surface area contributed by atoms with E-state index in [9.17, 15) is 26.3 Å². The van der Waals surface area contributed by atoms with Gasteiger partial charge >= 0.3 is 12.4 Å². The number of nitrogens with zero attached hydrogens (tertiary/aromatic N) is 2. The average Bonchev–Trinajstić information content (AvgIpc) is 3.20. The fourth-order valence-electron chi connectivity index (χ4n) is 7.62. The first-order chi connectivity index (χ1) is 27.0. The van der Waals surface area contributed by atoms with Gasteiger partial charge < -0.3 is 9.80 Å². The van der Waals surface area contributed by atoms with E-state index < -0.39 is 23.5 Å². The SMILES string of the molecule is CCc1c(N2c3ccccc3Sc3ccccc32)c(-c2cccc(C(F)(F)F)c2)cc(-c2cccc(C(F)(F)F)c2)c1N1c2ccccc2Sc2ccccc21. The van der Waals surface area contributed by atoms with Gasteiger partial charge in [0.15, 0.2) is 0 Å². The molecule has 2 heterocycles. The van der Waals surface area contributed by atoms with Gasteiger partial charge in [-0.25, -0.2) is 0 Å². The molecule has 0 aliphatic carbocycles. The normalized spacial score (nSPS) is 13.5. The zero-order chi connectivity index (χ0) is 38.8. The first-order valence-corrected chi connectivity index (χ1v) is 19.5. The summed E-state index contributed by atoms with van der Waals surface area (Å²) in [6.07, 6.45) is -8.88. The highest BCUT2D eigenvalue weighted by Gasteiger charge is 2.37. The highest BCUT2D eigenvalue weighted by molar-refractivity contribution is 8.00. The van der Waals surface area contributed by atoms with Gasteiger partial charge in [-0.05, 0) is 96.4 Å². The third kappa shape index (κ3) is 6.21. The maximum atomic E-state index is 14.4. The number of hydrogen-bond donors (Lipinski definition) is 0. The van der Waals surface area contributed by atoms with Gasteiger partial charge in [-0.3, -0.25) is 0 Å². The van der Waals surface area contributed by atoms with E-state index in [-0.39, 0.29) is 11.1 Å². The second-order valence-corrected chi connectivity index (χ2v) is 15.6. The third-order valence-electron chi connectivity index (χ3n) is 10.0. The van der Waals surface area contributed by atoms with Crippen LogP contribution in [0.5, 0.6) is 0 Å². The number of benzene rings is 7. The van der Waals surface area contributed by atoms with E-state index in [1.807, 2.05) is 104 Å². The lowest BCUT2D eigenvalue weighted by atomic mass is 9.87. The van der Waals surface area contributed by atoms with Crippen molar-refractivity contribution in [2.24, 2.45) is 0 Å². The van der Waals surface area contributed by atoms with Crippen molar-refractivity contribution in [1.29, 1.82) is 0 Å². The molecule has 0 N–H and O–H groups in total. The molecular weight excluding hydrogens is 759 g/mol. The average molecular weight is 789 g/mol. The second kappa shape index (κ2) is 13.9. The van der Waals surface area contributed by atoms with E-state index in [1.54, 1.807) is 41.7 Å². The van der Waals surface area contributed by atoms with Crippen LogP contribution in [0.1, 0.15) is 23.6 Å². The summed E-state index contributed by atoms with van der Waals surface area (Å²) in [7, 11) is 0. The van der Waals surface area contributed by atoms with E-state index in [0.717, 1.165) is 72.2 Å². The molecule has 2 nitrogen and oxygen atoms in total. The molecule has 0 spiro atoms. The van der Waals surface area contributed by atoms with E-state index in [4.69, 9.17) is 0 Å². The van der Waals surface area contributed by atoms with Crippen LogP contribution in [0.4, 0.5) is 60.5 Å². The zero-order valence-electron chi connectivity index (χ0n) is 29.6. The highest BCUT2D eigenvalue weighted by Crippen LogP contribution is 2.60. The van der Waals surface area contributed by atoms with Crippen molar-refractivity contribution in [2.75, 3.05) is 9.80 Å². The van der Waals surface area contributed by atoms with E-state index in [1.165, 1.54) is 12.1 Å². The Balaban J connectivity index is 1.48. The maximum Gasteiger partial charge on any atom is 0.416 e. The molecular formula is C46H30F6N2S2. The molecule has 7 aromatic carbocycles. The topological polar surface area (TPSA) is 6.48 Å². The molecule has 0 atom stereocenters. The molecule has 0 saturated carbocycles. The lowest BCUT2D eigenvalue weighted by Crippen LogP contribution is -2.22. The quantitative estimate of drug-likeness (QED) is 0.160. The van der Waals surface area contributed by atoms with Gasteiger partial charge in [0.05, 0.1) is 45.3 Å². The van der Waals surface area contributed by atoms with Crippen LogP contribution in [0, 0.1) is 0 Å². The summed E-state index contributed by atoms with van der Waals surface area (Å²) < 4.78 is 86.6. The van der Waals surface area contributed by atoms with Crippen molar-refractivity contribution >= 4 is 57.6 Å². The van der Waals surface area contributed by atoms with Crippen LogP contribution in [0.2, 0.25) is 0 Å². The highest BCUT2D eigenvalue weighted by atomic mass is 32.2. The summed E-state index contributed by atoms with van der Waals surface area (Å²) >= 11 is 3.22. The van der Waals surface area contributed by atoms with Gasteiger partial charge in [0.2, 0.25) is 0 Å². The summed E-state index contributed by atoms with van der Waals surface area (Å²) in [5.74, 6) is 0. The Morgan fingerprint density at radius 1 is 0.429 bits per heavy atom. The Bertz CT molecular complexity index is 2380. The molecule has 0 saturated heterocycles. The van der Waals surface area contributed by atoms with Crippen molar-refractivity contribution < 1.29 is 26.3 Å². The van der Waals surface area contributed by atoms with Gasteiger partial charge in [-0.15, -0.1) is 0 Å². The van der Waals surface area contributed by atoms with Crippen molar-refractivity contribution in [1.82, 2.24) is 0 Å². The van der Waals surface area contributed by atoms with Gasteiger partial charge in [0, 0.05) is 36.3 Å².